The molecule has 1 aliphatic carbocycles. The van der Waals surface area contributed by atoms with Gasteiger partial charge in [0.25, 0.3) is 0 Å². The zero-order chi connectivity index (χ0) is 11.5. The summed E-state index contributed by atoms with van der Waals surface area (Å²) in [5.74, 6) is 0. The summed E-state index contributed by atoms with van der Waals surface area (Å²) >= 11 is 0. The maximum Gasteiger partial charge on any atom is 0.0214 e. The van der Waals surface area contributed by atoms with Gasteiger partial charge in [0, 0.05) is 19.1 Å². The molecule has 0 amide bonds. The van der Waals surface area contributed by atoms with Gasteiger partial charge in [0.2, 0.25) is 0 Å². The third kappa shape index (κ3) is 4.12. The third-order valence-electron chi connectivity index (χ3n) is 3.71. The molecule has 0 aromatic rings. The van der Waals surface area contributed by atoms with Crippen LogP contribution in [0.15, 0.2) is 0 Å². The first kappa shape index (κ1) is 13.0. The van der Waals surface area contributed by atoms with E-state index in [1.54, 1.807) is 0 Å². The van der Waals surface area contributed by atoms with Gasteiger partial charge in [-0.3, -0.25) is 0 Å². The van der Waals surface area contributed by atoms with E-state index in [4.69, 9.17) is 5.73 Å². The Morgan fingerprint density at radius 1 is 1.33 bits per heavy atom. The van der Waals surface area contributed by atoms with Gasteiger partial charge in [-0.2, -0.15) is 0 Å². The Kier molecular flexibility index (Phi) is 4.19. The first-order valence-electron chi connectivity index (χ1n) is 6.36. The van der Waals surface area contributed by atoms with E-state index in [0.29, 0.717) is 5.41 Å². The maximum absolute atomic E-state index is 6.11. The van der Waals surface area contributed by atoms with Crippen molar-refractivity contribution in [2.45, 2.75) is 59.4 Å². The van der Waals surface area contributed by atoms with E-state index in [9.17, 15) is 0 Å². The smallest absolute Gasteiger partial charge is 0.0214 e. The lowest BCUT2D eigenvalue weighted by Gasteiger charge is -2.28. The molecular formula is C13H28N2. The van der Waals surface area contributed by atoms with Crippen molar-refractivity contribution in [3.05, 3.63) is 0 Å². The van der Waals surface area contributed by atoms with Crippen LogP contribution >= 0.6 is 0 Å². The molecular weight excluding hydrogens is 184 g/mol. The Bertz CT molecular complexity index is 189. The fourth-order valence-electron chi connectivity index (χ4n) is 2.02. The summed E-state index contributed by atoms with van der Waals surface area (Å²) in [6, 6.07) is 0.259. The number of hydrogen-bond acceptors (Lipinski definition) is 2. The minimum atomic E-state index is 0.217. The summed E-state index contributed by atoms with van der Waals surface area (Å²) in [5, 5.41) is 3.55. The van der Waals surface area contributed by atoms with Crippen molar-refractivity contribution in [3.63, 3.8) is 0 Å². The highest BCUT2D eigenvalue weighted by atomic mass is 14.9. The molecule has 0 saturated heterocycles. The molecule has 1 atom stereocenters. The number of rotatable bonds is 6. The third-order valence-corrected chi connectivity index (χ3v) is 3.71. The lowest BCUT2D eigenvalue weighted by molar-refractivity contribution is 0.298. The second kappa shape index (κ2) is 4.84. The summed E-state index contributed by atoms with van der Waals surface area (Å²) in [5.41, 5.74) is 6.97. The maximum atomic E-state index is 6.11. The standard InChI is InChI=1S/C13H28N2/c1-5-6-13(7-8-13)10-15-9-11(14)12(2,3)4/h11,15H,5-10,14H2,1-4H3. The SMILES string of the molecule is CCCC1(CNCC(N)C(C)(C)C)CC1. The highest BCUT2D eigenvalue weighted by molar-refractivity contribution is 4.94. The summed E-state index contributed by atoms with van der Waals surface area (Å²) in [4.78, 5) is 0. The van der Waals surface area contributed by atoms with E-state index in [-0.39, 0.29) is 11.5 Å². The van der Waals surface area contributed by atoms with Gasteiger partial charge in [0.05, 0.1) is 0 Å². The van der Waals surface area contributed by atoms with Gasteiger partial charge < -0.3 is 11.1 Å². The normalized spacial score (nSPS) is 21.4. The van der Waals surface area contributed by atoms with Gasteiger partial charge in [-0.1, -0.05) is 34.1 Å². The fraction of sp³-hybridized carbons (Fsp3) is 1.00. The molecule has 15 heavy (non-hydrogen) atoms. The van der Waals surface area contributed by atoms with E-state index in [1.165, 1.54) is 32.2 Å². The zero-order valence-electron chi connectivity index (χ0n) is 10.9. The van der Waals surface area contributed by atoms with Crippen LogP contribution in [0.2, 0.25) is 0 Å². The van der Waals surface area contributed by atoms with E-state index >= 15 is 0 Å². The fourth-order valence-corrected chi connectivity index (χ4v) is 2.02. The molecule has 1 unspecified atom stereocenters. The monoisotopic (exact) mass is 212 g/mol. The Morgan fingerprint density at radius 3 is 2.33 bits per heavy atom. The predicted molar refractivity (Wildman–Crippen MR) is 66.9 cm³/mol. The number of hydrogen-bond donors (Lipinski definition) is 2. The van der Waals surface area contributed by atoms with Crippen LogP contribution in [0, 0.1) is 10.8 Å². The number of nitrogens with two attached hydrogens (primary N) is 1. The molecule has 0 radical (unpaired) electrons. The molecule has 90 valence electrons. The van der Waals surface area contributed by atoms with Gasteiger partial charge in [0.15, 0.2) is 0 Å². The second-order valence-electron chi connectivity index (χ2n) is 6.35. The van der Waals surface area contributed by atoms with Crippen molar-refractivity contribution < 1.29 is 0 Å². The molecule has 3 N–H and O–H groups in total. The average molecular weight is 212 g/mol. The van der Waals surface area contributed by atoms with E-state index in [0.717, 1.165) is 6.54 Å². The molecule has 0 aromatic heterocycles. The Hall–Kier alpha value is -0.0800. The zero-order valence-corrected chi connectivity index (χ0v) is 10.9. The molecule has 1 rings (SSSR count). The van der Waals surface area contributed by atoms with Gasteiger partial charge in [0.1, 0.15) is 0 Å². The van der Waals surface area contributed by atoms with Crippen molar-refractivity contribution in [1.82, 2.24) is 5.32 Å². The molecule has 2 nitrogen and oxygen atoms in total. The van der Waals surface area contributed by atoms with E-state index < -0.39 is 0 Å². The van der Waals surface area contributed by atoms with Crippen molar-refractivity contribution in [2.75, 3.05) is 13.1 Å². The minimum absolute atomic E-state index is 0.217. The van der Waals surface area contributed by atoms with E-state index in [1.807, 2.05) is 0 Å². The van der Waals surface area contributed by atoms with Crippen molar-refractivity contribution in [3.8, 4) is 0 Å². The summed E-state index contributed by atoms with van der Waals surface area (Å²) < 4.78 is 0. The largest absolute Gasteiger partial charge is 0.326 e. The first-order chi connectivity index (χ1) is 6.90. The van der Waals surface area contributed by atoms with Crippen LogP contribution < -0.4 is 11.1 Å². The molecule has 1 aliphatic rings. The lowest BCUT2D eigenvalue weighted by atomic mass is 9.87. The van der Waals surface area contributed by atoms with Crippen LogP contribution in [-0.4, -0.2) is 19.1 Å². The molecule has 0 aromatic carbocycles. The predicted octanol–water partition coefficient (Wildman–Crippen LogP) is 2.53. The molecule has 0 bridgehead atoms. The molecule has 0 aliphatic heterocycles. The molecule has 0 heterocycles. The molecule has 1 fully saturated rings. The highest BCUT2D eigenvalue weighted by Gasteiger charge is 2.40. The molecule has 0 spiro atoms. The van der Waals surface area contributed by atoms with Gasteiger partial charge in [-0.15, -0.1) is 0 Å². The average Bonchev–Trinajstić information content (AvgIpc) is 2.84. The van der Waals surface area contributed by atoms with Crippen molar-refractivity contribution in [2.24, 2.45) is 16.6 Å². The van der Waals surface area contributed by atoms with Crippen molar-refractivity contribution in [1.29, 1.82) is 0 Å². The molecule has 1 saturated carbocycles. The topological polar surface area (TPSA) is 38.0 Å². The Labute approximate surface area is 95.0 Å². The summed E-state index contributed by atoms with van der Waals surface area (Å²) in [6.45, 7) is 11.0. The van der Waals surface area contributed by atoms with Gasteiger partial charge in [-0.05, 0) is 30.1 Å². The van der Waals surface area contributed by atoms with Crippen LogP contribution in [0.1, 0.15) is 53.4 Å². The minimum Gasteiger partial charge on any atom is -0.326 e. The second-order valence-corrected chi connectivity index (χ2v) is 6.35. The van der Waals surface area contributed by atoms with Crippen LogP contribution in [0.3, 0.4) is 0 Å². The number of nitrogens with one attached hydrogen (secondary N) is 1. The first-order valence-corrected chi connectivity index (χ1v) is 6.36. The summed E-state index contributed by atoms with van der Waals surface area (Å²) in [7, 11) is 0. The summed E-state index contributed by atoms with van der Waals surface area (Å²) in [6.07, 6.45) is 5.52. The molecule has 2 heteroatoms. The van der Waals surface area contributed by atoms with Crippen LogP contribution in [0.4, 0.5) is 0 Å². The van der Waals surface area contributed by atoms with Gasteiger partial charge >= 0.3 is 0 Å². The van der Waals surface area contributed by atoms with Gasteiger partial charge in [-0.25, -0.2) is 0 Å². The van der Waals surface area contributed by atoms with Crippen LogP contribution in [-0.2, 0) is 0 Å². The van der Waals surface area contributed by atoms with Crippen molar-refractivity contribution >= 4 is 0 Å². The Morgan fingerprint density at radius 2 is 1.93 bits per heavy atom. The lowest BCUT2D eigenvalue weighted by Crippen LogP contribution is -2.44. The van der Waals surface area contributed by atoms with E-state index in [2.05, 4.69) is 33.0 Å². The quantitative estimate of drug-likeness (QED) is 0.710. The Balaban J connectivity index is 2.16. The van der Waals surface area contributed by atoms with Crippen LogP contribution in [0.25, 0.3) is 0 Å². The highest BCUT2D eigenvalue weighted by Crippen LogP contribution is 2.48. The van der Waals surface area contributed by atoms with Crippen LogP contribution in [0.5, 0.6) is 0 Å².